The van der Waals surface area contributed by atoms with Crippen molar-refractivity contribution in [2.24, 2.45) is 0 Å². The molecule has 28 heavy (non-hydrogen) atoms. The maximum absolute atomic E-state index is 12.6. The minimum Gasteiger partial charge on any atom is -0.423 e. The summed E-state index contributed by atoms with van der Waals surface area (Å²) in [5, 5.41) is 3.89. The third kappa shape index (κ3) is 4.87. The second-order valence-electron chi connectivity index (χ2n) is 7.16. The van der Waals surface area contributed by atoms with Crippen LogP contribution >= 0.6 is 0 Å². The van der Waals surface area contributed by atoms with Gasteiger partial charge in [-0.3, -0.25) is 9.69 Å². The first-order valence-electron chi connectivity index (χ1n) is 9.57. The van der Waals surface area contributed by atoms with Crippen molar-refractivity contribution in [2.75, 3.05) is 18.4 Å². The third-order valence-electron chi connectivity index (χ3n) is 4.71. The van der Waals surface area contributed by atoms with Crippen molar-refractivity contribution in [1.29, 1.82) is 0 Å². The average molecular weight is 378 g/mol. The highest BCUT2D eigenvalue weighted by Crippen LogP contribution is 2.20. The van der Waals surface area contributed by atoms with Crippen molar-refractivity contribution in [3.8, 4) is 0 Å². The summed E-state index contributed by atoms with van der Waals surface area (Å²) in [6.07, 6.45) is 0.913. The van der Waals surface area contributed by atoms with E-state index in [1.165, 1.54) is 6.07 Å². The molecule has 2 aromatic carbocycles. The molecule has 0 saturated heterocycles. The quantitative estimate of drug-likeness (QED) is 0.624. The number of para-hydroxylation sites is 1. The van der Waals surface area contributed by atoms with Crippen molar-refractivity contribution in [1.82, 2.24) is 4.90 Å². The van der Waals surface area contributed by atoms with Gasteiger partial charge in [0.25, 0.3) is 0 Å². The van der Waals surface area contributed by atoms with E-state index in [4.69, 9.17) is 4.42 Å². The van der Waals surface area contributed by atoms with Gasteiger partial charge in [0.1, 0.15) is 5.58 Å². The molecule has 5 heteroatoms. The number of hydrogen-bond donors (Lipinski definition) is 1. The van der Waals surface area contributed by atoms with Crippen molar-refractivity contribution in [3.63, 3.8) is 0 Å². The topological polar surface area (TPSA) is 62.6 Å². The standard InChI is InChI=1S/C23H26N2O3/c1-4-11-25(15-22(26)24-20-8-6-5-7-17(20)3)14-18-13-23(27)28-21-12-16(2)9-10-19(18)21/h5-10,12-13H,4,11,14-15H2,1-3H3,(H,24,26). The second-order valence-corrected chi connectivity index (χ2v) is 7.16. The Balaban J connectivity index is 1.80. The van der Waals surface area contributed by atoms with E-state index in [9.17, 15) is 9.59 Å². The molecule has 1 amide bonds. The van der Waals surface area contributed by atoms with Crippen LogP contribution in [0.15, 0.2) is 57.7 Å². The number of aryl methyl sites for hydroxylation is 2. The molecule has 3 aromatic rings. The number of hydrogen-bond acceptors (Lipinski definition) is 4. The molecule has 5 nitrogen and oxygen atoms in total. The summed E-state index contributed by atoms with van der Waals surface area (Å²) in [6, 6.07) is 15.1. The highest BCUT2D eigenvalue weighted by Gasteiger charge is 2.14. The van der Waals surface area contributed by atoms with Gasteiger partial charge in [-0.2, -0.15) is 0 Å². The fourth-order valence-electron chi connectivity index (χ4n) is 3.35. The van der Waals surface area contributed by atoms with Gasteiger partial charge in [0.15, 0.2) is 0 Å². The van der Waals surface area contributed by atoms with E-state index in [1.54, 1.807) is 0 Å². The van der Waals surface area contributed by atoms with Crippen molar-refractivity contribution in [3.05, 3.63) is 75.6 Å². The molecular weight excluding hydrogens is 352 g/mol. The van der Waals surface area contributed by atoms with Gasteiger partial charge in [-0.25, -0.2) is 4.79 Å². The summed E-state index contributed by atoms with van der Waals surface area (Å²) in [7, 11) is 0. The Hall–Kier alpha value is -2.92. The number of nitrogens with zero attached hydrogens (tertiary/aromatic N) is 1. The third-order valence-corrected chi connectivity index (χ3v) is 4.71. The predicted octanol–water partition coefficient (Wildman–Crippen LogP) is 4.26. The summed E-state index contributed by atoms with van der Waals surface area (Å²) in [4.78, 5) is 26.6. The Labute approximate surface area is 165 Å². The monoisotopic (exact) mass is 378 g/mol. The Morgan fingerprint density at radius 3 is 2.64 bits per heavy atom. The van der Waals surface area contributed by atoms with Crippen LogP contribution in [0, 0.1) is 13.8 Å². The van der Waals surface area contributed by atoms with E-state index < -0.39 is 0 Å². The van der Waals surface area contributed by atoms with Crippen LogP contribution in [0.25, 0.3) is 11.0 Å². The lowest BCUT2D eigenvalue weighted by molar-refractivity contribution is -0.117. The van der Waals surface area contributed by atoms with Gasteiger partial charge in [0.2, 0.25) is 5.91 Å². The number of benzene rings is 2. The number of carbonyl (C=O) groups excluding carboxylic acids is 1. The van der Waals surface area contributed by atoms with Gasteiger partial charge in [0, 0.05) is 23.7 Å². The molecule has 0 bridgehead atoms. The molecular formula is C23H26N2O3. The van der Waals surface area contributed by atoms with Crippen molar-refractivity contribution >= 4 is 22.6 Å². The molecule has 0 unspecified atom stereocenters. The first-order valence-corrected chi connectivity index (χ1v) is 9.57. The number of carbonyl (C=O) groups is 1. The van der Waals surface area contributed by atoms with Gasteiger partial charge in [-0.1, -0.05) is 37.3 Å². The van der Waals surface area contributed by atoms with Crippen LogP contribution in [-0.4, -0.2) is 23.9 Å². The molecule has 0 aliphatic heterocycles. The van der Waals surface area contributed by atoms with Crippen LogP contribution in [-0.2, 0) is 11.3 Å². The molecule has 0 aliphatic rings. The predicted molar refractivity (Wildman–Crippen MR) is 113 cm³/mol. The highest BCUT2D eigenvalue weighted by atomic mass is 16.4. The van der Waals surface area contributed by atoms with Gasteiger partial charge in [-0.05, 0) is 55.6 Å². The zero-order valence-corrected chi connectivity index (χ0v) is 16.6. The number of rotatable bonds is 7. The summed E-state index contributed by atoms with van der Waals surface area (Å²) in [6.45, 7) is 7.54. The Kier molecular flexibility index (Phi) is 6.26. The van der Waals surface area contributed by atoms with E-state index in [2.05, 4.69) is 17.1 Å². The lowest BCUT2D eigenvalue weighted by Crippen LogP contribution is -2.33. The van der Waals surface area contributed by atoms with Gasteiger partial charge in [0.05, 0.1) is 6.54 Å². The van der Waals surface area contributed by atoms with Crippen LogP contribution < -0.4 is 10.9 Å². The Bertz CT molecular complexity index is 1040. The fourth-order valence-corrected chi connectivity index (χ4v) is 3.35. The lowest BCUT2D eigenvalue weighted by Gasteiger charge is -2.22. The first-order chi connectivity index (χ1) is 13.5. The number of nitrogens with one attached hydrogen (secondary N) is 1. The van der Waals surface area contributed by atoms with E-state index in [0.717, 1.165) is 40.7 Å². The first kappa shape index (κ1) is 19.8. The Morgan fingerprint density at radius 1 is 1.11 bits per heavy atom. The normalized spacial score (nSPS) is 11.1. The van der Waals surface area contributed by atoms with Gasteiger partial charge < -0.3 is 9.73 Å². The molecule has 0 atom stereocenters. The van der Waals surface area contributed by atoms with Crippen LogP contribution in [0.2, 0.25) is 0 Å². The zero-order valence-electron chi connectivity index (χ0n) is 16.6. The zero-order chi connectivity index (χ0) is 20.1. The molecule has 0 fully saturated rings. The second kappa shape index (κ2) is 8.85. The molecule has 0 aliphatic carbocycles. The summed E-state index contributed by atoms with van der Waals surface area (Å²) in [5.41, 5.74) is 3.99. The molecule has 3 rings (SSSR count). The average Bonchev–Trinajstić information content (AvgIpc) is 2.63. The van der Waals surface area contributed by atoms with Crippen molar-refractivity contribution in [2.45, 2.75) is 33.7 Å². The van der Waals surface area contributed by atoms with Crippen LogP contribution in [0.5, 0.6) is 0 Å². The SMILES string of the molecule is CCCN(CC(=O)Nc1ccccc1C)Cc1cc(=O)oc2cc(C)ccc12. The number of fused-ring (bicyclic) bond motifs is 1. The summed E-state index contributed by atoms with van der Waals surface area (Å²) in [5.74, 6) is -0.0640. The highest BCUT2D eigenvalue weighted by molar-refractivity contribution is 5.93. The maximum atomic E-state index is 12.6. The minimum atomic E-state index is -0.367. The maximum Gasteiger partial charge on any atom is 0.336 e. The van der Waals surface area contributed by atoms with Crippen LogP contribution in [0.4, 0.5) is 5.69 Å². The lowest BCUT2D eigenvalue weighted by atomic mass is 10.1. The van der Waals surface area contributed by atoms with E-state index in [0.29, 0.717) is 12.1 Å². The van der Waals surface area contributed by atoms with Gasteiger partial charge >= 0.3 is 5.63 Å². The van der Waals surface area contributed by atoms with E-state index in [-0.39, 0.29) is 18.1 Å². The van der Waals surface area contributed by atoms with Gasteiger partial charge in [-0.15, -0.1) is 0 Å². The molecule has 146 valence electrons. The largest absolute Gasteiger partial charge is 0.423 e. The number of amides is 1. The molecule has 1 N–H and O–H groups in total. The van der Waals surface area contributed by atoms with Crippen LogP contribution in [0.3, 0.4) is 0 Å². The molecule has 0 spiro atoms. The molecule has 1 aromatic heterocycles. The van der Waals surface area contributed by atoms with Crippen molar-refractivity contribution < 1.29 is 9.21 Å². The fraction of sp³-hybridized carbons (Fsp3) is 0.304. The molecule has 1 heterocycles. The molecule has 0 saturated carbocycles. The smallest absolute Gasteiger partial charge is 0.336 e. The summed E-state index contributed by atoms with van der Waals surface area (Å²) >= 11 is 0. The van der Waals surface area contributed by atoms with E-state index >= 15 is 0 Å². The van der Waals surface area contributed by atoms with Crippen LogP contribution in [0.1, 0.15) is 30.0 Å². The van der Waals surface area contributed by atoms with E-state index in [1.807, 2.05) is 56.3 Å². The molecule has 0 radical (unpaired) electrons. The number of anilines is 1. The summed E-state index contributed by atoms with van der Waals surface area (Å²) < 4.78 is 5.34. The minimum absolute atomic E-state index is 0.0640. The Morgan fingerprint density at radius 2 is 1.89 bits per heavy atom.